The molecular weight excluding hydrogens is 336 g/mol. The van der Waals surface area contributed by atoms with E-state index in [9.17, 15) is 0 Å². The number of halogens is 1. The summed E-state index contributed by atoms with van der Waals surface area (Å²) in [5.41, 5.74) is 2.32. The molecule has 0 saturated carbocycles. The fourth-order valence-electron chi connectivity index (χ4n) is 3.06. The van der Waals surface area contributed by atoms with E-state index in [1.165, 1.54) is 12.1 Å². The predicted molar refractivity (Wildman–Crippen MR) is 99.1 cm³/mol. The molecule has 0 aromatic heterocycles. The molecule has 134 valence electrons. The molecule has 2 aromatic carbocycles. The van der Waals surface area contributed by atoms with Crippen LogP contribution in [0.4, 0.5) is 0 Å². The molecule has 1 aliphatic heterocycles. The van der Waals surface area contributed by atoms with Crippen molar-refractivity contribution in [3.63, 3.8) is 0 Å². The van der Waals surface area contributed by atoms with Crippen LogP contribution >= 0.6 is 11.6 Å². The molecule has 1 saturated heterocycles. The molecule has 0 unspecified atom stereocenters. The first-order chi connectivity index (χ1) is 12.3. The van der Waals surface area contributed by atoms with Gasteiger partial charge in [0, 0.05) is 10.6 Å². The van der Waals surface area contributed by atoms with E-state index in [2.05, 4.69) is 17.4 Å². The van der Waals surface area contributed by atoms with Crippen LogP contribution in [0.15, 0.2) is 48.5 Å². The van der Waals surface area contributed by atoms with Crippen molar-refractivity contribution in [1.82, 2.24) is 0 Å². The molecule has 5 heteroatoms. The standard InChI is InChI=1S/C20H25ClN2O2/c21-19-6-7-20(25-16-17-4-2-1-3-5-17)18(14-19)15-22-8-9-23-10-12-24-13-11-23/h1-7,14,22H,8-13,15-16H2/p+2. The minimum atomic E-state index is 0.577. The van der Waals surface area contributed by atoms with Crippen molar-refractivity contribution in [2.45, 2.75) is 13.2 Å². The topological polar surface area (TPSA) is 39.5 Å². The number of hydrogen-bond acceptors (Lipinski definition) is 2. The lowest BCUT2D eigenvalue weighted by atomic mass is 10.2. The van der Waals surface area contributed by atoms with Gasteiger partial charge in [-0.25, -0.2) is 0 Å². The van der Waals surface area contributed by atoms with Gasteiger partial charge in [-0.15, -0.1) is 0 Å². The van der Waals surface area contributed by atoms with Gasteiger partial charge in [0.1, 0.15) is 45.1 Å². The fourth-order valence-corrected chi connectivity index (χ4v) is 3.25. The number of rotatable bonds is 8. The van der Waals surface area contributed by atoms with Crippen LogP contribution in [0.1, 0.15) is 11.1 Å². The third-order valence-electron chi connectivity index (χ3n) is 4.53. The Balaban J connectivity index is 1.50. The molecule has 0 radical (unpaired) electrons. The largest absolute Gasteiger partial charge is 0.488 e. The molecule has 0 amide bonds. The summed E-state index contributed by atoms with van der Waals surface area (Å²) in [7, 11) is 0. The van der Waals surface area contributed by atoms with E-state index in [1.54, 1.807) is 4.90 Å². The Hall–Kier alpha value is -1.59. The Kier molecular flexibility index (Phi) is 7.12. The summed E-state index contributed by atoms with van der Waals surface area (Å²) in [6, 6.07) is 16.1. The lowest BCUT2D eigenvalue weighted by molar-refractivity contribution is -0.920. The normalized spacial score (nSPS) is 15.2. The van der Waals surface area contributed by atoms with Crippen molar-refractivity contribution in [2.24, 2.45) is 0 Å². The molecule has 3 N–H and O–H groups in total. The van der Waals surface area contributed by atoms with Crippen LogP contribution in [0.3, 0.4) is 0 Å². The Morgan fingerprint density at radius 2 is 1.88 bits per heavy atom. The van der Waals surface area contributed by atoms with Crippen molar-refractivity contribution in [3.8, 4) is 5.75 Å². The maximum atomic E-state index is 6.18. The summed E-state index contributed by atoms with van der Waals surface area (Å²) in [5.74, 6) is 0.920. The second-order valence-electron chi connectivity index (χ2n) is 6.42. The number of nitrogens with one attached hydrogen (secondary N) is 1. The second kappa shape index (κ2) is 9.78. The Bertz CT molecular complexity index is 645. The van der Waals surface area contributed by atoms with E-state index in [4.69, 9.17) is 21.1 Å². The summed E-state index contributed by atoms with van der Waals surface area (Å²) in [4.78, 5) is 1.63. The van der Waals surface area contributed by atoms with Crippen molar-refractivity contribution < 1.29 is 19.7 Å². The first kappa shape index (κ1) is 18.2. The molecular formula is C20H27ClN2O2+2. The Labute approximate surface area is 154 Å². The van der Waals surface area contributed by atoms with E-state index in [-0.39, 0.29) is 0 Å². The Morgan fingerprint density at radius 1 is 1.08 bits per heavy atom. The summed E-state index contributed by atoms with van der Waals surface area (Å²) >= 11 is 6.18. The van der Waals surface area contributed by atoms with Gasteiger partial charge in [0.05, 0.1) is 13.2 Å². The summed E-state index contributed by atoms with van der Waals surface area (Å²) in [6.07, 6.45) is 0. The minimum Gasteiger partial charge on any atom is -0.488 e. The lowest BCUT2D eigenvalue weighted by Gasteiger charge is -2.22. The zero-order valence-corrected chi connectivity index (χ0v) is 15.3. The van der Waals surface area contributed by atoms with Gasteiger partial charge in [-0.2, -0.15) is 0 Å². The molecule has 0 spiro atoms. The number of ether oxygens (including phenoxy) is 2. The van der Waals surface area contributed by atoms with Crippen molar-refractivity contribution in [1.29, 1.82) is 0 Å². The number of quaternary nitrogens is 2. The number of benzene rings is 2. The molecule has 2 aromatic rings. The SMILES string of the molecule is Clc1ccc(OCc2ccccc2)c(C[NH2+]CC[NH+]2CCOCC2)c1. The van der Waals surface area contributed by atoms with Crippen LogP contribution < -0.4 is 15.0 Å². The van der Waals surface area contributed by atoms with E-state index >= 15 is 0 Å². The summed E-state index contributed by atoms with van der Waals surface area (Å²) < 4.78 is 11.4. The average Bonchev–Trinajstić information content (AvgIpc) is 2.66. The number of hydrogen-bond donors (Lipinski definition) is 2. The highest BCUT2D eigenvalue weighted by Gasteiger charge is 2.14. The van der Waals surface area contributed by atoms with Crippen LogP contribution in [0.25, 0.3) is 0 Å². The van der Waals surface area contributed by atoms with Crippen LogP contribution in [0.2, 0.25) is 5.02 Å². The molecule has 1 aliphatic rings. The first-order valence-corrected chi connectivity index (χ1v) is 9.37. The van der Waals surface area contributed by atoms with E-state index in [0.29, 0.717) is 6.61 Å². The predicted octanol–water partition coefficient (Wildman–Crippen LogP) is 0.898. The zero-order chi connectivity index (χ0) is 17.3. The van der Waals surface area contributed by atoms with Gasteiger partial charge in [-0.1, -0.05) is 41.9 Å². The Morgan fingerprint density at radius 3 is 2.68 bits per heavy atom. The molecule has 25 heavy (non-hydrogen) atoms. The van der Waals surface area contributed by atoms with E-state index in [1.807, 2.05) is 36.4 Å². The van der Waals surface area contributed by atoms with Crippen molar-refractivity contribution in [2.75, 3.05) is 39.4 Å². The zero-order valence-electron chi connectivity index (χ0n) is 14.5. The van der Waals surface area contributed by atoms with Crippen molar-refractivity contribution >= 4 is 11.6 Å². The molecule has 1 fully saturated rings. The highest BCUT2D eigenvalue weighted by molar-refractivity contribution is 6.30. The monoisotopic (exact) mass is 362 g/mol. The molecule has 3 rings (SSSR count). The third-order valence-corrected chi connectivity index (χ3v) is 4.76. The molecule has 4 nitrogen and oxygen atoms in total. The van der Waals surface area contributed by atoms with Crippen molar-refractivity contribution in [3.05, 3.63) is 64.7 Å². The minimum absolute atomic E-state index is 0.577. The molecule has 1 heterocycles. The third kappa shape index (κ3) is 6.01. The molecule has 0 atom stereocenters. The van der Waals surface area contributed by atoms with E-state index < -0.39 is 0 Å². The highest BCUT2D eigenvalue weighted by Crippen LogP contribution is 2.23. The van der Waals surface area contributed by atoms with E-state index in [0.717, 1.165) is 55.7 Å². The summed E-state index contributed by atoms with van der Waals surface area (Å²) in [6.45, 7) is 7.75. The van der Waals surface area contributed by atoms with Gasteiger partial charge in [-0.3, -0.25) is 0 Å². The summed E-state index contributed by atoms with van der Waals surface area (Å²) in [5, 5.41) is 3.10. The fraction of sp³-hybridized carbons (Fsp3) is 0.400. The van der Waals surface area contributed by atoms with Gasteiger partial charge < -0.3 is 19.7 Å². The average molecular weight is 363 g/mol. The van der Waals surface area contributed by atoms with Crippen LogP contribution in [0.5, 0.6) is 5.75 Å². The van der Waals surface area contributed by atoms with Crippen LogP contribution in [-0.4, -0.2) is 39.4 Å². The number of nitrogens with two attached hydrogens (primary N) is 1. The maximum Gasteiger partial charge on any atom is 0.128 e. The smallest absolute Gasteiger partial charge is 0.128 e. The first-order valence-electron chi connectivity index (χ1n) is 8.99. The quantitative estimate of drug-likeness (QED) is 0.685. The molecule has 0 bridgehead atoms. The maximum absolute atomic E-state index is 6.18. The lowest BCUT2D eigenvalue weighted by Crippen LogP contribution is -3.16. The second-order valence-corrected chi connectivity index (χ2v) is 6.86. The van der Waals surface area contributed by atoms with Crippen LogP contribution in [-0.2, 0) is 17.9 Å². The van der Waals surface area contributed by atoms with Gasteiger partial charge in [-0.05, 0) is 23.8 Å². The molecule has 0 aliphatic carbocycles. The van der Waals surface area contributed by atoms with Gasteiger partial charge in [0.25, 0.3) is 0 Å². The van der Waals surface area contributed by atoms with Crippen LogP contribution in [0, 0.1) is 0 Å². The number of morpholine rings is 1. The van der Waals surface area contributed by atoms with Gasteiger partial charge >= 0.3 is 0 Å². The van der Waals surface area contributed by atoms with Gasteiger partial charge in [0.15, 0.2) is 0 Å². The highest BCUT2D eigenvalue weighted by atomic mass is 35.5. The van der Waals surface area contributed by atoms with Gasteiger partial charge in [0.2, 0.25) is 0 Å².